The van der Waals surface area contributed by atoms with E-state index in [1.807, 2.05) is 6.92 Å². The first kappa shape index (κ1) is 20.7. The molecule has 1 aliphatic heterocycles. The third-order valence-electron chi connectivity index (χ3n) is 4.17. The molecule has 0 fully saturated rings. The Morgan fingerprint density at radius 3 is 2.71 bits per heavy atom. The number of nitrogens with one attached hydrogen (secondary N) is 2. The molecule has 0 saturated carbocycles. The van der Waals surface area contributed by atoms with E-state index in [0.717, 1.165) is 35.3 Å². The van der Waals surface area contributed by atoms with Gasteiger partial charge in [-0.1, -0.05) is 26.0 Å². The van der Waals surface area contributed by atoms with Gasteiger partial charge < -0.3 is 10.6 Å². The Hall–Kier alpha value is -2.00. The average molecular weight is 428 g/mol. The number of thiophene rings is 1. The molecular formula is C19H20F3N3OS2. The van der Waals surface area contributed by atoms with Crippen LogP contribution in [0.2, 0.25) is 0 Å². The first-order chi connectivity index (χ1) is 13.3. The van der Waals surface area contributed by atoms with Crippen molar-refractivity contribution < 1.29 is 18.0 Å². The highest BCUT2D eigenvalue weighted by Gasteiger charge is 2.33. The predicted molar refractivity (Wildman–Crippen MR) is 110 cm³/mol. The summed E-state index contributed by atoms with van der Waals surface area (Å²) in [7, 11) is 0. The molecule has 1 aliphatic rings. The van der Waals surface area contributed by atoms with Gasteiger partial charge in [0.1, 0.15) is 16.2 Å². The van der Waals surface area contributed by atoms with Gasteiger partial charge in [0.05, 0.1) is 17.0 Å². The number of amides is 1. The summed E-state index contributed by atoms with van der Waals surface area (Å²) in [6, 6.07) is 7.06. The zero-order chi connectivity index (χ0) is 20.3. The van der Waals surface area contributed by atoms with Crippen LogP contribution in [-0.2, 0) is 17.4 Å². The largest absolute Gasteiger partial charge is 0.418 e. The quantitative estimate of drug-likeness (QED) is 0.600. The minimum Gasteiger partial charge on any atom is -0.335 e. The minimum atomic E-state index is -4.52. The van der Waals surface area contributed by atoms with Crippen LogP contribution in [0.1, 0.15) is 41.6 Å². The molecule has 1 aromatic carbocycles. The van der Waals surface area contributed by atoms with Crippen molar-refractivity contribution in [3.63, 3.8) is 0 Å². The number of anilines is 2. The standard InChI is InChI=1S/C19H20F3N3OS2/c1-3-11-9-12-17(24-15(4-2)25-18(12)28-11)27-10-16(26)23-14-8-6-5-7-13(14)19(20,21)22/h5-9,17H,3-4,10H2,1-2H3,(H,23,26)(H,24,25). The van der Waals surface area contributed by atoms with E-state index in [-0.39, 0.29) is 16.8 Å². The number of alkyl halides is 3. The number of hydrogen-bond donors (Lipinski definition) is 2. The fourth-order valence-electron chi connectivity index (χ4n) is 2.78. The van der Waals surface area contributed by atoms with Crippen LogP contribution in [0.5, 0.6) is 0 Å². The van der Waals surface area contributed by atoms with Gasteiger partial charge in [0.2, 0.25) is 5.91 Å². The van der Waals surface area contributed by atoms with Crippen LogP contribution in [0.4, 0.5) is 23.9 Å². The van der Waals surface area contributed by atoms with Crippen molar-refractivity contribution in [2.24, 2.45) is 4.99 Å². The van der Waals surface area contributed by atoms with Gasteiger partial charge in [-0.15, -0.1) is 23.1 Å². The Balaban J connectivity index is 1.70. The highest BCUT2D eigenvalue weighted by molar-refractivity contribution is 8.00. The second-order valence-electron chi connectivity index (χ2n) is 6.16. The monoisotopic (exact) mass is 427 g/mol. The highest BCUT2D eigenvalue weighted by atomic mass is 32.2. The van der Waals surface area contributed by atoms with Gasteiger partial charge in [0.25, 0.3) is 0 Å². The minimum absolute atomic E-state index is 0.00803. The number of nitrogens with zero attached hydrogens (tertiary/aromatic N) is 1. The molecule has 1 unspecified atom stereocenters. The SMILES string of the molecule is CCC1=NC(SCC(=O)Nc2ccccc2C(F)(F)F)c2cc(CC)sc2N1. The highest BCUT2D eigenvalue weighted by Crippen LogP contribution is 2.43. The van der Waals surface area contributed by atoms with E-state index in [0.29, 0.717) is 0 Å². The van der Waals surface area contributed by atoms with Crippen LogP contribution < -0.4 is 10.6 Å². The Labute approximate surface area is 169 Å². The number of aryl methyl sites for hydroxylation is 1. The lowest BCUT2D eigenvalue weighted by molar-refractivity contribution is -0.137. The summed E-state index contributed by atoms with van der Waals surface area (Å²) in [5.41, 5.74) is -0.0603. The number of carbonyl (C=O) groups is 1. The molecule has 2 N–H and O–H groups in total. The summed E-state index contributed by atoms with van der Waals surface area (Å²) in [5.74, 6) is 0.368. The first-order valence-corrected chi connectivity index (χ1v) is 10.7. The van der Waals surface area contributed by atoms with Crippen molar-refractivity contribution >= 4 is 45.5 Å². The number of carbonyl (C=O) groups excluding carboxylic acids is 1. The zero-order valence-electron chi connectivity index (χ0n) is 15.4. The summed E-state index contributed by atoms with van der Waals surface area (Å²) < 4.78 is 39.2. The third kappa shape index (κ3) is 4.70. The van der Waals surface area contributed by atoms with E-state index < -0.39 is 17.6 Å². The van der Waals surface area contributed by atoms with Gasteiger partial charge in [0, 0.05) is 16.9 Å². The summed E-state index contributed by atoms with van der Waals surface area (Å²) in [6.07, 6.45) is -2.87. The molecule has 1 aromatic heterocycles. The summed E-state index contributed by atoms with van der Waals surface area (Å²) in [5, 5.41) is 6.48. The van der Waals surface area contributed by atoms with E-state index in [1.54, 1.807) is 11.3 Å². The molecular weight excluding hydrogens is 407 g/mol. The fraction of sp³-hybridized carbons (Fsp3) is 0.368. The zero-order valence-corrected chi connectivity index (χ0v) is 17.0. The number of thioether (sulfide) groups is 1. The van der Waals surface area contributed by atoms with Gasteiger partial charge in [-0.05, 0) is 24.6 Å². The van der Waals surface area contributed by atoms with Crippen LogP contribution in [0.3, 0.4) is 0 Å². The van der Waals surface area contributed by atoms with Crippen LogP contribution >= 0.6 is 23.1 Å². The summed E-state index contributed by atoms with van der Waals surface area (Å²) in [6.45, 7) is 4.07. The Kier molecular flexibility index (Phi) is 6.34. The number of fused-ring (bicyclic) bond motifs is 1. The molecule has 2 heterocycles. The van der Waals surface area contributed by atoms with E-state index in [9.17, 15) is 18.0 Å². The topological polar surface area (TPSA) is 53.5 Å². The number of amidine groups is 1. The fourth-order valence-corrected chi connectivity index (χ4v) is 4.85. The molecule has 1 atom stereocenters. The summed E-state index contributed by atoms with van der Waals surface area (Å²) in [4.78, 5) is 18.2. The molecule has 3 rings (SSSR count). The lowest BCUT2D eigenvalue weighted by Gasteiger charge is -2.21. The first-order valence-electron chi connectivity index (χ1n) is 8.85. The van der Waals surface area contributed by atoms with Crippen molar-refractivity contribution in [3.05, 3.63) is 46.3 Å². The number of aliphatic imine (C=N–C) groups is 1. The number of hydrogen-bond acceptors (Lipinski definition) is 5. The van der Waals surface area contributed by atoms with Gasteiger partial charge >= 0.3 is 6.18 Å². The predicted octanol–water partition coefficient (Wildman–Crippen LogP) is 5.93. The number of rotatable bonds is 6. The molecule has 0 saturated heterocycles. The lowest BCUT2D eigenvalue weighted by atomic mass is 10.1. The van der Waals surface area contributed by atoms with E-state index in [4.69, 9.17) is 0 Å². The Morgan fingerprint density at radius 1 is 1.29 bits per heavy atom. The van der Waals surface area contributed by atoms with Crippen LogP contribution in [0.15, 0.2) is 35.3 Å². The maximum absolute atomic E-state index is 13.1. The van der Waals surface area contributed by atoms with Crippen molar-refractivity contribution in [1.82, 2.24) is 0 Å². The molecule has 28 heavy (non-hydrogen) atoms. The van der Waals surface area contributed by atoms with Crippen molar-refractivity contribution in [2.45, 2.75) is 38.2 Å². The van der Waals surface area contributed by atoms with Crippen molar-refractivity contribution in [1.29, 1.82) is 0 Å². The van der Waals surface area contributed by atoms with Crippen molar-refractivity contribution in [3.8, 4) is 0 Å². The molecule has 0 radical (unpaired) electrons. The molecule has 150 valence electrons. The molecule has 9 heteroatoms. The van der Waals surface area contributed by atoms with E-state index in [2.05, 4.69) is 28.6 Å². The van der Waals surface area contributed by atoms with Gasteiger partial charge in [0.15, 0.2) is 0 Å². The maximum atomic E-state index is 13.1. The van der Waals surface area contributed by atoms with E-state index >= 15 is 0 Å². The van der Waals surface area contributed by atoms with Gasteiger partial charge in [-0.25, -0.2) is 0 Å². The Morgan fingerprint density at radius 2 is 2.04 bits per heavy atom. The van der Waals surface area contributed by atoms with Gasteiger partial charge in [-0.2, -0.15) is 13.2 Å². The second-order valence-corrected chi connectivity index (χ2v) is 8.37. The molecule has 4 nitrogen and oxygen atoms in total. The van der Waals surface area contributed by atoms with Crippen LogP contribution in [-0.4, -0.2) is 17.5 Å². The number of halogens is 3. The molecule has 2 aromatic rings. The molecule has 0 bridgehead atoms. The van der Waals surface area contributed by atoms with E-state index in [1.165, 1.54) is 34.8 Å². The third-order valence-corrected chi connectivity index (χ3v) is 6.49. The van der Waals surface area contributed by atoms with Crippen LogP contribution in [0.25, 0.3) is 0 Å². The van der Waals surface area contributed by atoms with Gasteiger partial charge in [-0.3, -0.25) is 9.79 Å². The molecule has 0 spiro atoms. The van der Waals surface area contributed by atoms with Crippen molar-refractivity contribution in [2.75, 3.05) is 16.4 Å². The molecule has 1 amide bonds. The molecule has 0 aliphatic carbocycles. The Bertz CT molecular complexity index is 893. The summed E-state index contributed by atoms with van der Waals surface area (Å²) >= 11 is 2.98. The normalized spacial score (nSPS) is 16.2. The van der Waals surface area contributed by atoms with Crippen LogP contribution in [0, 0.1) is 0 Å². The second kappa shape index (κ2) is 8.57. The smallest absolute Gasteiger partial charge is 0.335 e. The average Bonchev–Trinajstić information content (AvgIpc) is 3.09. The lowest BCUT2D eigenvalue weighted by Crippen LogP contribution is -2.20. The number of para-hydroxylation sites is 1. The maximum Gasteiger partial charge on any atom is 0.418 e. The number of benzene rings is 1.